The molecule has 1 atom stereocenters. The molecule has 1 N–H and O–H groups in total. The second-order valence-corrected chi connectivity index (χ2v) is 7.42. The summed E-state index contributed by atoms with van der Waals surface area (Å²) in [6.07, 6.45) is 7.41. The Hall–Kier alpha value is -1.84. The first-order valence-electron chi connectivity index (χ1n) is 9.25. The lowest BCUT2D eigenvalue weighted by Gasteiger charge is -2.21. The molecule has 1 saturated carbocycles. The minimum absolute atomic E-state index is 0.156. The molecule has 0 radical (unpaired) electrons. The number of anilines is 1. The van der Waals surface area contributed by atoms with E-state index in [0.717, 1.165) is 5.69 Å². The van der Waals surface area contributed by atoms with E-state index in [2.05, 4.69) is 5.32 Å². The Morgan fingerprint density at radius 3 is 2.54 bits per heavy atom. The Morgan fingerprint density at radius 2 is 1.83 bits per heavy atom. The number of carbonyl (C=O) groups is 2. The van der Waals surface area contributed by atoms with Crippen molar-refractivity contribution in [3.05, 3.63) is 29.8 Å². The first kappa shape index (κ1) is 17.0. The Morgan fingerprint density at radius 1 is 1.12 bits per heavy atom. The zero-order valence-corrected chi connectivity index (χ0v) is 14.6. The molecule has 4 heteroatoms. The molecule has 2 aliphatic rings. The van der Waals surface area contributed by atoms with Gasteiger partial charge in [0, 0.05) is 37.5 Å². The second kappa shape index (κ2) is 7.82. The largest absolute Gasteiger partial charge is 0.356 e. The summed E-state index contributed by atoms with van der Waals surface area (Å²) in [7, 11) is 0. The summed E-state index contributed by atoms with van der Waals surface area (Å²) in [5, 5.41) is 3.06. The van der Waals surface area contributed by atoms with Gasteiger partial charge in [-0.2, -0.15) is 0 Å². The maximum Gasteiger partial charge on any atom is 0.227 e. The van der Waals surface area contributed by atoms with E-state index in [1.165, 1.54) is 37.7 Å². The van der Waals surface area contributed by atoms with Crippen molar-refractivity contribution in [3.63, 3.8) is 0 Å². The number of amides is 2. The van der Waals surface area contributed by atoms with E-state index in [1.54, 1.807) is 0 Å². The summed E-state index contributed by atoms with van der Waals surface area (Å²) >= 11 is 0. The third kappa shape index (κ3) is 4.37. The van der Waals surface area contributed by atoms with Gasteiger partial charge in [-0.15, -0.1) is 0 Å². The molecule has 0 bridgehead atoms. The van der Waals surface area contributed by atoms with Gasteiger partial charge in [0.2, 0.25) is 11.8 Å². The molecule has 1 aromatic carbocycles. The van der Waals surface area contributed by atoms with Crippen LogP contribution in [0.25, 0.3) is 0 Å². The first-order chi connectivity index (χ1) is 11.6. The van der Waals surface area contributed by atoms with Crippen molar-refractivity contribution in [1.82, 2.24) is 5.32 Å². The predicted octanol–water partition coefficient (Wildman–Crippen LogP) is 3.43. The van der Waals surface area contributed by atoms with Crippen LogP contribution in [-0.2, 0) is 9.59 Å². The van der Waals surface area contributed by atoms with Crippen LogP contribution in [0.2, 0.25) is 0 Å². The average Bonchev–Trinajstić information content (AvgIpc) is 2.95. The maximum atomic E-state index is 12.2. The fourth-order valence-electron chi connectivity index (χ4n) is 3.88. The molecule has 1 aliphatic heterocycles. The van der Waals surface area contributed by atoms with Crippen molar-refractivity contribution in [2.45, 2.75) is 51.9 Å². The van der Waals surface area contributed by atoms with Crippen LogP contribution in [0.3, 0.4) is 0 Å². The highest BCUT2D eigenvalue weighted by Gasteiger charge is 2.30. The van der Waals surface area contributed by atoms with Crippen molar-refractivity contribution in [1.29, 1.82) is 0 Å². The summed E-state index contributed by atoms with van der Waals surface area (Å²) in [5.74, 6) is 1.09. The number of rotatable bonds is 5. The van der Waals surface area contributed by atoms with Crippen LogP contribution < -0.4 is 10.2 Å². The Labute approximate surface area is 144 Å². The Kier molecular flexibility index (Phi) is 5.54. The molecule has 0 aromatic heterocycles. The van der Waals surface area contributed by atoms with Gasteiger partial charge in [-0.1, -0.05) is 37.0 Å². The fourth-order valence-corrected chi connectivity index (χ4v) is 3.88. The summed E-state index contributed by atoms with van der Waals surface area (Å²) in [4.78, 5) is 26.2. The van der Waals surface area contributed by atoms with Gasteiger partial charge < -0.3 is 10.2 Å². The van der Waals surface area contributed by atoms with E-state index in [0.29, 0.717) is 31.8 Å². The summed E-state index contributed by atoms with van der Waals surface area (Å²) in [6, 6.07) is 8.05. The molecule has 0 spiro atoms. The summed E-state index contributed by atoms with van der Waals surface area (Å²) in [5.41, 5.74) is 2.15. The van der Waals surface area contributed by atoms with E-state index in [9.17, 15) is 9.59 Å². The maximum absolute atomic E-state index is 12.2. The van der Waals surface area contributed by atoms with E-state index in [1.807, 2.05) is 36.1 Å². The minimum Gasteiger partial charge on any atom is -0.356 e. The van der Waals surface area contributed by atoms with Gasteiger partial charge in [0.25, 0.3) is 0 Å². The molecule has 1 aromatic rings. The van der Waals surface area contributed by atoms with Crippen molar-refractivity contribution in [2.24, 2.45) is 11.8 Å². The molecular weight excluding hydrogens is 300 g/mol. The smallest absolute Gasteiger partial charge is 0.227 e. The summed E-state index contributed by atoms with van der Waals surface area (Å²) in [6.45, 7) is 3.35. The minimum atomic E-state index is 0.156. The molecule has 24 heavy (non-hydrogen) atoms. The highest BCUT2D eigenvalue weighted by atomic mass is 16.2. The number of hydrogen-bond acceptors (Lipinski definition) is 2. The van der Waals surface area contributed by atoms with E-state index < -0.39 is 0 Å². The predicted molar refractivity (Wildman–Crippen MR) is 95.8 cm³/mol. The Bertz CT molecular complexity index is 576. The highest BCUT2D eigenvalue weighted by molar-refractivity contribution is 5.95. The van der Waals surface area contributed by atoms with Crippen LogP contribution in [-0.4, -0.2) is 24.9 Å². The molecule has 1 unspecified atom stereocenters. The number of carbonyl (C=O) groups excluding carboxylic acids is 2. The van der Waals surface area contributed by atoms with Gasteiger partial charge in [-0.3, -0.25) is 9.59 Å². The van der Waals surface area contributed by atoms with Crippen LogP contribution in [0, 0.1) is 18.8 Å². The fraction of sp³-hybridized carbons (Fsp3) is 0.600. The van der Waals surface area contributed by atoms with Gasteiger partial charge >= 0.3 is 0 Å². The number of benzene rings is 1. The summed E-state index contributed by atoms with van der Waals surface area (Å²) < 4.78 is 0. The quantitative estimate of drug-likeness (QED) is 0.900. The van der Waals surface area contributed by atoms with E-state index >= 15 is 0 Å². The molecular formula is C20H28N2O2. The van der Waals surface area contributed by atoms with E-state index in [-0.39, 0.29) is 17.7 Å². The number of aryl methyl sites for hydroxylation is 1. The van der Waals surface area contributed by atoms with Gasteiger partial charge in [0.05, 0.1) is 0 Å². The molecule has 1 aliphatic carbocycles. The standard InChI is InChI=1S/C20H28N2O2/c1-15-7-9-18(10-8-15)22-14-17(12-20(22)24)13-21-19(23)11-16-5-3-2-4-6-16/h7-10,16-17H,2-6,11-14H2,1H3,(H,21,23). The van der Waals surface area contributed by atoms with E-state index in [4.69, 9.17) is 0 Å². The third-order valence-electron chi connectivity index (χ3n) is 5.34. The lowest BCUT2D eigenvalue weighted by molar-refractivity contribution is -0.122. The van der Waals surface area contributed by atoms with Gasteiger partial charge in [0.15, 0.2) is 0 Å². The van der Waals surface area contributed by atoms with Crippen molar-refractivity contribution < 1.29 is 9.59 Å². The van der Waals surface area contributed by atoms with Crippen LogP contribution >= 0.6 is 0 Å². The third-order valence-corrected chi connectivity index (χ3v) is 5.34. The topological polar surface area (TPSA) is 49.4 Å². The number of hydrogen-bond donors (Lipinski definition) is 1. The highest BCUT2D eigenvalue weighted by Crippen LogP contribution is 2.27. The van der Waals surface area contributed by atoms with Gasteiger partial charge in [0.1, 0.15) is 0 Å². The van der Waals surface area contributed by atoms with Crippen LogP contribution in [0.1, 0.15) is 50.5 Å². The van der Waals surface area contributed by atoms with Crippen LogP contribution in [0.4, 0.5) is 5.69 Å². The van der Waals surface area contributed by atoms with Gasteiger partial charge in [-0.05, 0) is 37.8 Å². The lowest BCUT2D eigenvalue weighted by Crippen LogP contribution is -2.32. The first-order valence-corrected chi connectivity index (χ1v) is 9.25. The molecule has 2 amide bonds. The van der Waals surface area contributed by atoms with Crippen molar-refractivity contribution >= 4 is 17.5 Å². The van der Waals surface area contributed by atoms with Gasteiger partial charge in [-0.25, -0.2) is 0 Å². The zero-order chi connectivity index (χ0) is 16.9. The molecule has 3 rings (SSSR count). The molecule has 1 saturated heterocycles. The Balaban J connectivity index is 1.45. The number of nitrogens with zero attached hydrogens (tertiary/aromatic N) is 1. The lowest BCUT2D eigenvalue weighted by atomic mass is 9.87. The SMILES string of the molecule is Cc1ccc(N2CC(CNC(=O)CC3CCCCC3)CC2=O)cc1. The molecule has 1 heterocycles. The molecule has 4 nitrogen and oxygen atoms in total. The molecule has 2 fully saturated rings. The monoisotopic (exact) mass is 328 g/mol. The number of nitrogens with one attached hydrogen (secondary N) is 1. The second-order valence-electron chi connectivity index (χ2n) is 7.42. The average molecular weight is 328 g/mol. The van der Waals surface area contributed by atoms with Crippen LogP contribution in [0.15, 0.2) is 24.3 Å². The van der Waals surface area contributed by atoms with Crippen molar-refractivity contribution in [3.8, 4) is 0 Å². The van der Waals surface area contributed by atoms with Crippen molar-refractivity contribution in [2.75, 3.05) is 18.0 Å². The zero-order valence-electron chi connectivity index (χ0n) is 14.6. The normalized spacial score (nSPS) is 22.0. The van der Waals surface area contributed by atoms with Crippen LogP contribution in [0.5, 0.6) is 0 Å². The molecule has 130 valence electrons.